The van der Waals surface area contributed by atoms with Crippen molar-refractivity contribution in [1.29, 1.82) is 0 Å². The van der Waals surface area contributed by atoms with Gasteiger partial charge in [-0.15, -0.1) is 0 Å². The van der Waals surface area contributed by atoms with Gasteiger partial charge >= 0.3 is 5.91 Å². The quantitative estimate of drug-likeness (QED) is 0.458. The van der Waals surface area contributed by atoms with Crippen LogP contribution in [0, 0.1) is 0 Å². The van der Waals surface area contributed by atoms with E-state index in [1.807, 2.05) is 12.3 Å². The van der Waals surface area contributed by atoms with E-state index < -0.39 is 5.91 Å². The zero-order valence-electron chi connectivity index (χ0n) is 9.92. The van der Waals surface area contributed by atoms with E-state index in [9.17, 15) is 4.79 Å². The monoisotopic (exact) mass is 250 g/mol. The van der Waals surface area contributed by atoms with Crippen LogP contribution in [0.1, 0.15) is 23.0 Å². The molecule has 2 aromatic rings. The highest BCUT2D eigenvalue weighted by atomic mass is 16.5. The van der Waals surface area contributed by atoms with E-state index in [2.05, 4.69) is 5.10 Å². The minimum Gasteiger partial charge on any atom is -0.491 e. The molecule has 1 amide bonds. The number of hydrazine groups is 1. The summed E-state index contributed by atoms with van der Waals surface area (Å²) in [5, 5.41) is 4.12. The second-order valence-electron chi connectivity index (χ2n) is 3.56. The summed E-state index contributed by atoms with van der Waals surface area (Å²) in [7, 11) is 0. The maximum atomic E-state index is 11.4. The number of hydrogen-bond donors (Lipinski definition) is 2. The van der Waals surface area contributed by atoms with Gasteiger partial charge in [-0.25, -0.2) is 5.84 Å². The van der Waals surface area contributed by atoms with Crippen molar-refractivity contribution in [2.24, 2.45) is 5.84 Å². The van der Waals surface area contributed by atoms with Crippen LogP contribution in [0.5, 0.6) is 5.75 Å². The van der Waals surface area contributed by atoms with E-state index in [-0.39, 0.29) is 5.76 Å². The van der Waals surface area contributed by atoms with Gasteiger partial charge in [-0.05, 0) is 13.0 Å². The number of nitrogens with two attached hydrogens (primary N) is 1. The molecule has 18 heavy (non-hydrogen) atoms. The van der Waals surface area contributed by atoms with Gasteiger partial charge in [-0.3, -0.25) is 14.9 Å². The van der Waals surface area contributed by atoms with Crippen molar-refractivity contribution >= 4 is 5.91 Å². The third-order valence-electron chi connectivity index (χ3n) is 2.34. The van der Waals surface area contributed by atoms with Gasteiger partial charge in [-0.2, -0.15) is 5.10 Å². The van der Waals surface area contributed by atoms with Crippen LogP contribution in [0.25, 0.3) is 0 Å². The van der Waals surface area contributed by atoms with E-state index in [0.717, 1.165) is 0 Å². The van der Waals surface area contributed by atoms with Crippen molar-refractivity contribution in [3.05, 3.63) is 36.0 Å². The summed E-state index contributed by atoms with van der Waals surface area (Å²) < 4.78 is 12.0. The van der Waals surface area contributed by atoms with Crippen LogP contribution in [-0.4, -0.2) is 22.3 Å². The molecule has 0 aliphatic carbocycles. The van der Waals surface area contributed by atoms with Crippen molar-refractivity contribution in [3.8, 4) is 5.75 Å². The Hall–Kier alpha value is -2.28. The smallest absolute Gasteiger partial charge is 0.301 e. The predicted octanol–water partition coefficient (Wildman–Crippen LogP) is 0.527. The molecule has 96 valence electrons. The fourth-order valence-corrected chi connectivity index (χ4v) is 1.57. The van der Waals surface area contributed by atoms with Crippen LogP contribution >= 0.6 is 0 Å². The van der Waals surface area contributed by atoms with Gasteiger partial charge in [0.05, 0.1) is 31.8 Å². The second kappa shape index (κ2) is 5.37. The molecule has 0 bridgehead atoms. The second-order valence-corrected chi connectivity index (χ2v) is 3.56. The molecule has 2 aromatic heterocycles. The molecule has 7 nitrogen and oxygen atoms in total. The normalized spacial score (nSPS) is 10.3. The molecule has 2 heterocycles. The van der Waals surface area contributed by atoms with Crippen LogP contribution < -0.4 is 16.0 Å². The number of ether oxygens (including phenoxy) is 1. The van der Waals surface area contributed by atoms with Crippen LogP contribution in [0.3, 0.4) is 0 Å². The molecule has 0 radical (unpaired) electrons. The fraction of sp³-hybridized carbons (Fsp3) is 0.273. The van der Waals surface area contributed by atoms with Crippen molar-refractivity contribution in [1.82, 2.24) is 15.2 Å². The zero-order chi connectivity index (χ0) is 13.0. The van der Waals surface area contributed by atoms with Crippen molar-refractivity contribution in [2.75, 3.05) is 6.61 Å². The highest BCUT2D eigenvalue weighted by Gasteiger charge is 2.14. The standard InChI is InChI=1S/C11H14N4O3/c1-2-17-9-5-13-15(7-9)6-8-3-4-18-10(8)11(16)14-12/h3-5,7H,2,6,12H2,1H3,(H,14,16). The lowest BCUT2D eigenvalue weighted by molar-refractivity contribution is 0.0924. The van der Waals surface area contributed by atoms with Crippen LogP contribution in [0.2, 0.25) is 0 Å². The van der Waals surface area contributed by atoms with E-state index in [1.165, 1.54) is 6.26 Å². The first-order valence-electron chi connectivity index (χ1n) is 5.47. The summed E-state index contributed by atoms with van der Waals surface area (Å²) in [6.45, 7) is 2.89. The highest BCUT2D eigenvalue weighted by molar-refractivity contribution is 5.92. The van der Waals surface area contributed by atoms with Gasteiger partial charge in [0.2, 0.25) is 0 Å². The topological polar surface area (TPSA) is 95.3 Å². The first-order valence-corrected chi connectivity index (χ1v) is 5.47. The summed E-state index contributed by atoms with van der Waals surface area (Å²) in [5.41, 5.74) is 2.73. The summed E-state index contributed by atoms with van der Waals surface area (Å²) in [4.78, 5) is 11.4. The number of amides is 1. The SMILES string of the molecule is CCOc1cnn(Cc2ccoc2C(=O)NN)c1. The molecule has 7 heteroatoms. The molecule has 0 aliphatic rings. The van der Waals surface area contributed by atoms with Gasteiger partial charge in [0.15, 0.2) is 11.5 Å². The number of hydrogen-bond acceptors (Lipinski definition) is 5. The number of aromatic nitrogens is 2. The van der Waals surface area contributed by atoms with Crippen LogP contribution in [-0.2, 0) is 6.54 Å². The van der Waals surface area contributed by atoms with E-state index in [4.69, 9.17) is 15.0 Å². The first-order chi connectivity index (χ1) is 8.74. The summed E-state index contributed by atoms with van der Waals surface area (Å²) >= 11 is 0. The number of carbonyl (C=O) groups is 1. The van der Waals surface area contributed by atoms with Crippen LogP contribution in [0.4, 0.5) is 0 Å². The number of furan rings is 1. The molecule has 0 saturated heterocycles. The Balaban J connectivity index is 2.13. The van der Waals surface area contributed by atoms with Gasteiger partial charge in [-0.1, -0.05) is 0 Å². The molecule has 0 saturated carbocycles. The Morgan fingerprint density at radius 1 is 1.67 bits per heavy atom. The van der Waals surface area contributed by atoms with E-state index in [0.29, 0.717) is 24.5 Å². The number of nitrogen functional groups attached to an aromatic ring is 1. The Labute approximate surface area is 103 Å². The Bertz CT molecular complexity index is 532. The van der Waals surface area contributed by atoms with Crippen molar-refractivity contribution in [3.63, 3.8) is 0 Å². The Morgan fingerprint density at radius 3 is 3.22 bits per heavy atom. The van der Waals surface area contributed by atoms with Crippen LogP contribution in [0.15, 0.2) is 29.1 Å². The maximum absolute atomic E-state index is 11.4. The van der Waals surface area contributed by atoms with E-state index in [1.54, 1.807) is 23.1 Å². The van der Waals surface area contributed by atoms with Crippen molar-refractivity contribution < 1.29 is 13.9 Å². The van der Waals surface area contributed by atoms with Gasteiger partial charge in [0.25, 0.3) is 0 Å². The molecule has 0 spiro atoms. The van der Waals surface area contributed by atoms with E-state index >= 15 is 0 Å². The highest BCUT2D eigenvalue weighted by Crippen LogP contribution is 2.14. The van der Waals surface area contributed by atoms with Gasteiger partial charge < -0.3 is 9.15 Å². The predicted molar refractivity (Wildman–Crippen MR) is 62.9 cm³/mol. The molecule has 0 atom stereocenters. The Morgan fingerprint density at radius 2 is 2.50 bits per heavy atom. The molecule has 2 rings (SSSR count). The molecule has 0 unspecified atom stereocenters. The minimum atomic E-state index is -0.466. The molecular weight excluding hydrogens is 236 g/mol. The lowest BCUT2D eigenvalue weighted by Crippen LogP contribution is -2.30. The first kappa shape index (κ1) is 12.2. The molecule has 0 aliphatic heterocycles. The molecular formula is C11H14N4O3. The van der Waals surface area contributed by atoms with Gasteiger partial charge in [0, 0.05) is 5.56 Å². The molecule has 0 aromatic carbocycles. The minimum absolute atomic E-state index is 0.186. The number of rotatable bonds is 5. The third-order valence-corrected chi connectivity index (χ3v) is 2.34. The van der Waals surface area contributed by atoms with Crippen molar-refractivity contribution in [2.45, 2.75) is 13.5 Å². The zero-order valence-corrected chi connectivity index (χ0v) is 9.92. The number of nitrogens with one attached hydrogen (secondary N) is 1. The largest absolute Gasteiger partial charge is 0.491 e. The summed E-state index contributed by atoms with van der Waals surface area (Å²) in [6.07, 6.45) is 4.81. The third kappa shape index (κ3) is 2.51. The lowest BCUT2D eigenvalue weighted by Gasteiger charge is -2.01. The average Bonchev–Trinajstić information content (AvgIpc) is 2.99. The number of nitrogens with zero attached hydrogens (tertiary/aromatic N) is 2. The van der Waals surface area contributed by atoms with Gasteiger partial charge in [0.1, 0.15) is 0 Å². The molecule has 3 N–H and O–H groups in total. The molecule has 0 fully saturated rings. The average molecular weight is 250 g/mol. The number of carbonyl (C=O) groups excluding carboxylic acids is 1. The Kier molecular flexibility index (Phi) is 3.63. The lowest BCUT2D eigenvalue weighted by atomic mass is 10.2. The fourth-order valence-electron chi connectivity index (χ4n) is 1.57. The summed E-state index contributed by atoms with van der Waals surface area (Å²) in [6, 6.07) is 1.70. The summed E-state index contributed by atoms with van der Waals surface area (Å²) in [5.74, 6) is 5.47. The maximum Gasteiger partial charge on any atom is 0.301 e.